The number of nitrogens with one attached hydrogen (secondary N) is 2. The highest BCUT2D eigenvalue weighted by atomic mass is 19.1. The van der Waals surface area contributed by atoms with Crippen LogP contribution in [0.15, 0.2) is 48.5 Å². The number of aromatic nitrogens is 1. The first kappa shape index (κ1) is 34.1. The second-order valence-corrected chi connectivity index (χ2v) is 15.2. The van der Waals surface area contributed by atoms with Crippen LogP contribution in [0.5, 0.6) is 0 Å². The van der Waals surface area contributed by atoms with Crippen LogP contribution in [-0.4, -0.2) is 84.4 Å². The van der Waals surface area contributed by atoms with Gasteiger partial charge in [0.25, 0.3) is 0 Å². The molecule has 2 N–H and O–H groups in total. The number of H-pyrrole nitrogens is 1. The van der Waals surface area contributed by atoms with Gasteiger partial charge in [-0.3, -0.25) is 29.6 Å². The maximum Gasteiger partial charge on any atom is 0.328 e. The van der Waals surface area contributed by atoms with Crippen molar-refractivity contribution in [1.29, 1.82) is 5.26 Å². The number of imide groups is 1. The lowest BCUT2D eigenvalue weighted by Crippen LogP contribution is -2.53. The number of hydrogen-bond donors (Lipinski definition) is 2. The smallest absolute Gasteiger partial charge is 0.328 e. The molecule has 52 heavy (non-hydrogen) atoms. The number of nitrogens with zero attached hydrogens (tertiary/aromatic N) is 5. The molecule has 0 bridgehead atoms. The molecule has 268 valence electrons. The number of hydrogen-bond acceptors (Lipinski definition) is 7. The van der Waals surface area contributed by atoms with Gasteiger partial charge in [0, 0.05) is 98.1 Å². The number of ketones is 1. The van der Waals surface area contributed by atoms with Gasteiger partial charge >= 0.3 is 6.03 Å². The van der Waals surface area contributed by atoms with E-state index in [1.165, 1.54) is 22.2 Å². The molecule has 3 aromatic carbocycles. The molecule has 0 saturated carbocycles. The zero-order valence-electron chi connectivity index (χ0n) is 30.0. The molecule has 1 aliphatic carbocycles. The molecule has 0 unspecified atom stereocenters. The van der Waals surface area contributed by atoms with E-state index >= 15 is 4.39 Å². The number of halogens is 1. The van der Waals surface area contributed by atoms with Crippen molar-refractivity contribution in [2.24, 2.45) is 0 Å². The average Bonchev–Trinajstić information content (AvgIpc) is 3.55. The zero-order chi connectivity index (χ0) is 36.3. The Kier molecular flexibility index (Phi) is 8.63. The molecule has 1 aromatic heterocycles. The van der Waals surface area contributed by atoms with Crippen LogP contribution >= 0.6 is 0 Å². The van der Waals surface area contributed by atoms with Crippen molar-refractivity contribution in [2.75, 3.05) is 55.6 Å². The van der Waals surface area contributed by atoms with Gasteiger partial charge in [-0.05, 0) is 72.4 Å². The monoisotopic (exact) mass is 701 g/mol. The van der Waals surface area contributed by atoms with Gasteiger partial charge in [0.2, 0.25) is 5.91 Å². The van der Waals surface area contributed by atoms with Crippen molar-refractivity contribution < 1.29 is 18.8 Å². The number of piperidine rings is 1. The number of amides is 3. The Morgan fingerprint density at radius 2 is 1.69 bits per heavy atom. The van der Waals surface area contributed by atoms with Gasteiger partial charge in [0.05, 0.1) is 22.9 Å². The van der Waals surface area contributed by atoms with E-state index in [9.17, 15) is 19.6 Å². The van der Waals surface area contributed by atoms with Gasteiger partial charge in [0.1, 0.15) is 5.82 Å². The first-order valence-electron chi connectivity index (χ1n) is 18.4. The SMILES string of the molecule is CCc1cc2c(cc1N1CCC(N3CCN(Cc4ccc(N5CCC(=O)NC5=O)c(F)c4)CC3)CC1)C(C)(C)c1[nH]c3cc(C#N)ccc3c1C2=O. The van der Waals surface area contributed by atoms with Crippen molar-refractivity contribution in [2.45, 2.75) is 64.5 Å². The third kappa shape index (κ3) is 5.84. The summed E-state index contributed by atoms with van der Waals surface area (Å²) in [5, 5.41) is 12.6. The van der Waals surface area contributed by atoms with Crippen molar-refractivity contribution in [3.8, 4) is 6.07 Å². The number of fused-ring (bicyclic) bond motifs is 4. The molecule has 3 saturated heterocycles. The van der Waals surface area contributed by atoms with E-state index in [-0.39, 0.29) is 30.3 Å². The fraction of sp³-hybridized carbons (Fsp3) is 0.415. The zero-order valence-corrected chi connectivity index (χ0v) is 30.0. The lowest BCUT2D eigenvalue weighted by Gasteiger charge is -2.44. The van der Waals surface area contributed by atoms with Gasteiger partial charge in [-0.2, -0.15) is 5.26 Å². The van der Waals surface area contributed by atoms with E-state index in [0.717, 1.165) is 97.4 Å². The number of piperazine rings is 1. The Bertz CT molecular complexity index is 2150. The predicted octanol–water partition coefficient (Wildman–Crippen LogP) is 5.84. The van der Waals surface area contributed by atoms with Gasteiger partial charge in [-0.25, -0.2) is 9.18 Å². The number of aryl methyl sites for hydroxylation is 1. The standard InChI is InChI=1S/C41H44FN7O3/c1-4-27-21-30-31(41(2,3)39-37(38(30)51)29-7-5-25(23-43)20-33(29)44-39)22-35(27)48-12-9-28(10-13-48)47-17-15-46(16-18-47)24-26-6-8-34(32(42)19-26)49-14-11-36(50)45-40(49)52/h5-8,19-22,28,44H,4,9-18,24H2,1-3H3,(H,45,50,52). The third-order valence-corrected chi connectivity index (χ3v) is 11.8. The van der Waals surface area contributed by atoms with Crippen LogP contribution in [-0.2, 0) is 23.2 Å². The molecule has 0 spiro atoms. The summed E-state index contributed by atoms with van der Waals surface area (Å²) in [6, 6.07) is 17.1. The highest BCUT2D eigenvalue weighted by Gasteiger charge is 2.41. The molecule has 4 aromatic rings. The lowest BCUT2D eigenvalue weighted by molar-refractivity contribution is -0.120. The number of nitriles is 1. The fourth-order valence-corrected chi connectivity index (χ4v) is 8.83. The van der Waals surface area contributed by atoms with Crippen LogP contribution < -0.4 is 15.1 Å². The molecule has 8 rings (SSSR count). The van der Waals surface area contributed by atoms with Crippen molar-refractivity contribution >= 4 is 40.0 Å². The topological polar surface area (TPSA) is 116 Å². The summed E-state index contributed by atoms with van der Waals surface area (Å²) in [7, 11) is 0. The molecule has 3 aliphatic heterocycles. The predicted molar refractivity (Wildman–Crippen MR) is 198 cm³/mol. The van der Waals surface area contributed by atoms with Crippen LogP contribution in [0.4, 0.5) is 20.6 Å². The molecule has 0 radical (unpaired) electrons. The summed E-state index contributed by atoms with van der Waals surface area (Å²) >= 11 is 0. The second kappa shape index (κ2) is 13.2. The van der Waals surface area contributed by atoms with Crippen LogP contribution in [0.25, 0.3) is 10.9 Å². The summed E-state index contributed by atoms with van der Waals surface area (Å²) in [6.45, 7) is 13.0. The van der Waals surface area contributed by atoms with Crippen LogP contribution in [0.3, 0.4) is 0 Å². The Morgan fingerprint density at radius 1 is 0.923 bits per heavy atom. The van der Waals surface area contributed by atoms with Gasteiger partial charge in [-0.15, -0.1) is 0 Å². The number of anilines is 2. The molecule has 11 heteroatoms. The van der Waals surface area contributed by atoms with Gasteiger partial charge in [0.15, 0.2) is 5.78 Å². The molecular formula is C41H44FN7O3. The molecule has 3 fully saturated rings. The molecule has 4 heterocycles. The van der Waals surface area contributed by atoms with Crippen molar-refractivity contribution in [3.63, 3.8) is 0 Å². The number of carbonyl (C=O) groups is 3. The number of carbonyl (C=O) groups excluding carboxylic acids is 3. The Balaban J connectivity index is 0.910. The van der Waals surface area contributed by atoms with E-state index < -0.39 is 17.3 Å². The number of urea groups is 1. The summed E-state index contributed by atoms with van der Waals surface area (Å²) < 4.78 is 15.1. The third-order valence-electron chi connectivity index (χ3n) is 11.8. The van der Waals surface area contributed by atoms with Crippen LogP contribution in [0.2, 0.25) is 0 Å². The van der Waals surface area contributed by atoms with Crippen LogP contribution in [0.1, 0.15) is 83.9 Å². The molecular weight excluding hydrogens is 657 g/mol. The molecule has 10 nitrogen and oxygen atoms in total. The minimum atomic E-state index is -0.583. The minimum Gasteiger partial charge on any atom is -0.371 e. The average molecular weight is 702 g/mol. The summed E-state index contributed by atoms with van der Waals surface area (Å²) in [5.41, 5.74) is 7.93. The van der Waals surface area contributed by atoms with Crippen LogP contribution in [0, 0.1) is 17.1 Å². The van der Waals surface area contributed by atoms with E-state index in [2.05, 4.69) is 64.0 Å². The normalized spacial score (nSPS) is 19.8. The van der Waals surface area contributed by atoms with Gasteiger partial charge in [-0.1, -0.05) is 32.9 Å². The van der Waals surface area contributed by atoms with Crippen molar-refractivity contribution in [3.05, 3.63) is 93.4 Å². The van der Waals surface area contributed by atoms with E-state index in [1.807, 2.05) is 18.2 Å². The minimum absolute atomic E-state index is 0.0479. The maximum atomic E-state index is 15.1. The summed E-state index contributed by atoms with van der Waals surface area (Å²) in [6.07, 6.45) is 3.13. The Hall–Kier alpha value is -5.05. The fourth-order valence-electron chi connectivity index (χ4n) is 8.83. The lowest BCUT2D eigenvalue weighted by atomic mass is 9.70. The maximum absolute atomic E-state index is 15.1. The number of rotatable bonds is 6. The first-order valence-corrected chi connectivity index (χ1v) is 18.4. The van der Waals surface area contributed by atoms with E-state index in [4.69, 9.17) is 0 Å². The second-order valence-electron chi connectivity index (χ2n) is 15.2. The Morgan fingerprint density at radius 3 is 2.38 bits per heavy atom. The Labute approximate surface area is 303 Å². The molecule has 0 atom stereocenters. The highest BCUT2D eigenvalue weighted by Crippen LogP contribution is 2.46. The van der Waals surface area contributed by atoms with E-state index in [1.54, 1.807) is 12.1 Å². The van der Waals surface area contributed by atoms with Gasteiger partial charge < -0.3 is 9.88 Å². The first-order chi connectivity index (χ1) is 25.0. The molecule has 4 aliphatic rings. The molecule has 3 amide bonds. The summed E-state index contributed by atoms with van der Waals surface area (Å²) in [4.78, 5) is 50.1. The summed E-state index contributed by atoms with van der Waals surface area (Å²) in [5.74, 6) is -0.744. The number of benzene rings is 3. The van der Waals surface area contributed by atoms with E-state index in [0.29, 0.717) is 18.2 Å². The number of aromatic amines is 1. The quantitative estimate of drug-likeness (QED) is 0.260. The highest BCUT2D eigenvalue weighted by molar-refractivity contribution is 6.20. The largest absolute Gasteiger partial charge is 0.371 e. The van der Waals surface area contributed by atoms with Crippen molar-refractivity contribution in [1.82, 2.24) is 20.1 Å².